The topological polar surface area (TPSA) is 69.7 Å². The summed E-state index contributed by atoms with van der Waals surface area (Å²) < 4.78 is 25.4. The van der Waals surface area contributed by atoms with E-state index in [4.69, 9.17) is 21.1 Å². The molecule has 0 saturated heterocycles. The van der Waals surface area contributed by atoms with Gasteiger partial charge < -0.3 is 14.0 Å². The van der Waals surface area contributed by atoms with Crippen LogP contribution in [0.1, 0.15) is 82.9 Å². The zero-order valence-corrected chi connectivity index (χ0v) is 23.3. The van der Waals surface area contributed by atoms with Crippen molar-refractivity contribution in [1.29, 1.82) is 0 Å². The third kappa shape index (κ3) is 4.09. The summed E-state index contributed by atoms with van der Waals surface area (Å²) in [5.74, 6) is -1.37. The molecule has 3 aliphatic rings. The van der Waals surface area contributed by atoms with E-state index in [1.54, 1.807) is 0 Å². The summed E-state index contributed by atoms with van der Waals surface area (Å²) in [5, 5.41) is 1.31. The summed E-state index contributed by atoms with van der Waals surface area (Å²) in [6.07, 6.45) is 0.194. The number of benzene rings is 1. The molecule has 5 nitrogen and oxygen atoms in total. The van der Waals surface area contributed by atoms with Crippen LogP contribution in [0.2, 0.25) is 0 Å². The fourth-order valence-electron chi connectivity index (χ4n) is 5.42. The average Bonchev–Trinajstić information content (AvgIpc) is 2.79. The molecule has 186 valence electrons. The maximum Gasteiger partial charge on any atom is 0.335 e. The molecule has 2 aliphatic heterocycles. The van der Waals surface area contributed by atoms with Gasteiger partial charge in [0.15, 0.2) is 0 Å². The van der Waals surface area contributed by atoms with Crippen LogP contribution in [-0.4, -0.2) is 38.0 Å². The summed E-state index contributed by atoms with van der Waals surface area (Å²) >= 11 is 6.72. The van der Waals surface area contributed by atoms with Crippen molar-refractivity contribution in [3.8, 4) is 0 Å². The van der Waals surface area contributed by atoms with Crippen LogP contribution in [0.4, 0.5) is 0 Å². The van der Waals surface area contributed by atoms with Gasteiger partial charge in [-0.15, -0.1) is 0 Å². The van der Waals surface area contributed by atoms with Gasteiger partial charge in [-0.2, -0.15) is 0 Å². The van der Waals surface area contributed by atoms with Crippen LogP contribution < -0.4 is 5.30 Å². The fourth-order valence-corrected chi connectivity index (χ4v) is 10.4. The van der Waals surface area contributed by atoms with E-state index in [1.165, 1.54) is 19.8 Å². The number of hydrogen-bond acceptors (Lipinski definition) is 5. The van der Waals surface area contributed by atoms with Gasteiger partial charge in [0.1, 0.15) is 7.14 Å². The van der Waals surface area contributed by atoms with Crippen LogP contribution in [0.3, 0.4) is 0 Å². The molecule has 2 heterocycles. The molecule has 0 aromatic heterocycles. The first-order chi connectivity index (χ1) is 15.8. The molecule has 0 saturated carbocycles. The molecule has 3 unspecified atom stereocenters. The van der Waals surface area contributed by atoms with Gasteiger partial charge in [-0.1, -0.05) is 65.3 Å². The number of ether oxygens (including phenoxy) is 2. The van der Waals surface area contributed by atoms with Gasteiger partial charge in [-0.05, 0) is 46.9 Å². The molecule has 0 N–H and O–H groups in total. The zero-order chi connectivity index (χ0) is 25.7. The van der Waals surface area contributed by atoms with Crippen molar-refractivity contribution >= 4 is 36.0 Å². The number of carbonyl (C=O) groups is 2. The Labute approximate surface area is 208 Å². The molecular formula is C27H36ClO5P. The number of halogens is 1. The second-order valence-electron chi connectivity index (χ2n) is 10.3. The predicted octanol–water partition coefficient (Wildman–Crippen LogP) is 6.21. The molecular weight excluding hydrogens is 471 g/mol. The van der Waals surface area contributed by atoms with E-state index in [9.17, 15) is 9.59 Å². The highest BCUT2D eigenvalue weighted by Gasteiger charge is 2.57. The lowest BCUT2D eigenvalue weighted by molar-refractivity contribution is -0.139. The second-order valence-corrected chi connectivity index (χ2v) is 13.6. The number of methoxy groups -OCH3 is 2. The maximum absolute atomic E-state index is 15.3. The number of hydrogen-bond donors (Lipinski definition) is 0. The largest absolute Gasteiger partial charge is 0.466 e. The van der Waals surface area contributed by atoms with Gasteiger partial charge in [0.25, 0.3) is 0 Å². The summed E-state index contributed by atoms with van der Waals surface area (Å²) in [7, 11) is -0.727. The lowest BCUT2D eigenvalue weighted by Gasteiger charge is -2.45. The lowest BCUT2D eigenvalue weighted by Crippen LogP contribution is -2.44. The van der Waals surface area contributed by atoms with Crippen molar-refractivity contribution in [3.05, 3.63) is 50.6 Å². The molecule has 1 aliphatic carbocycles. The summed E-state index contributed by atoms with van der Waals surface area (Å²) in [6.45, 7) is 14.5. The lowest BCUT2D eigenvalue weighted by atomic mass is 9.83. The first kappa shape index (κ1) is 26.8. The first-order valence-corrected chi connectivity index (χ1v) is 14.2. The monoisotopic (exact) mass is 506 g/mol. The Balaban J connectivity index is 2.45. The van der Waals surface area contributed by atoms with Gasteiger partial charge in [-0.3, -0.25) is 0 Å². The Hall–Kier alpha value is -1.84. The highest BCUT2D eigenvalue weighted by atomic mass is 35.5. The second kappa shape index (κ2) is 9.66. The molecule has 34 heavy (non-hydrogen) atoms. The minimum Gasteiger partial charge on any atom is -0.466 e. The van der Waals surface area contributed by atoms with Gasteiger partial charge in [-0.25, -0.2) is 9.59 Å². The quantitative estimate of drug-likeness (QED) is 0.339. The Morgan fingerprint density at radius 3 is 1.79 bits per heavy atom. The van der Waals surface area contributed by atoms with Crippen molar-refractivity contribution in [3.63, 3.8) is 0 Å². The van der Waals surface area contributed by atoms with Crippen molar-refractivity contribution < 1.29 is 23.6 Å². The number of rotatable bonds is 6. The standard InChI is InChI=1S/C27H36ClO5P/c1-13(2)17-10-18(14(3)4)25(19(11-17)15(5)6)34(31)12-20-21(26(29)32-8)22(27(30)33-9)24(34)16(7)23(20)28/h10-11,13-15,20,24H,12H2,1-9H3. The highest BCUT2D eigenvalue weighted by Crippen LogP contribution is 2.67. The molecule has 0 spiro atoms. The van der Waals surface area contributed by atoms with E-state index >= 15 is 4.57 Å². The Morgan fingerprint density at radius 1 is 0.912 bits per heavy atom. The Kier molecular flexibility index (Phi) is 7.60. The van der Waals surface area contributed by atoms with E-state index in [0.717, 1.165) is 16.4 Å². The third-order valence-corrected chi connectivity index (χ3v) is 11.4. The minimum absolute atomic E-state index is 0.128. The van der Waals surface area contributed by atoms with Gasteiger partial charge >= 0.3 is 11.9 Å². The average molecular weight is 507 g/mol. The molecule has 1 aromatic carbocycles. The molecule has 4 rings (SSSR count). The molecule has 0 radical (unpaired) electrons. The smallest absolute Gasteiger partial charge is 0.335 e. The number of esters is 2. The molecule has 2 bridgehead atoms. The summed E-state index contributed by atoms with van der Waals surface area (Å²) in [6, 6.07) is 4.34. The number of carbonyl (C=O) groups excluding carboxylic acids is 2. The van der Waals surface area contributed by atoms with Crippen LogP contribution in [0.25, 0.3) is 0 Å². The van der Waals surface area contributed by atoms with Gasteiger partial charge in [0, 0.05) is 22.4 Å². The molecule has 7 heteroatoms. The Bertz CT molecular complexity index is 1110. The third-order valence-electron chi connectivity index (χ3n) is 7.17. The first-order valence-electron chi connectivity index (χ1n) is 11.9. The van der Waals surface area contributed by atoms with Crippen LogP contribution >= 0.6 is 18.7 Å². The van der Waals surface area contributed by atoms with E-state index in [2.05, 4.69) is 53.7 Å². The molecule has 1 aromatic rings. The van der Waals surface area contributed by atoms with Crippen LogP contribution in [0.5, 0.6) is 0 Å². The summed E-state index contributed by atoms with van der Waals surface area (Å²) in [5.41, 5.74) is 3.45. The van der Waals surface area contributed by atoms with Gasteiger partial charge in [0.2, 0.25) is 0 Å². The van der Waals surface area contributed by atoms with Crippen molar-refractivity contribution in [2.45, 2.75) is 71.9 Å². The summed E-state index contributed by atoms with van der Waals surface area (Å²) in [4.78, 5) is 25.9. The van der Waals surface area contributed by atoms with Crippen molar-refractivity contribution in [2.75, 3.05) is 20.4 Å². The molecule has 0 fully saturated rings. The van der Waals surface area contributed by atoms with E-state index in [1.807, 2.05) is 6.92 Å². The SMILES string of the molecule is COC(=O)C1=C(C(=O)OC)C2C(C)=C(Cl)C1CP2(=O)c1c(C(C)C)cc(C(C)C)cc1C(C)C. The van der Waals surface area contributed by atoms with E-state index in [0.29, 0.717) is 16.5 Å². The Morgan fingerprint density at radius 2 is 1.38 bits per heavy atom. The normalized spacial score (nSPS) is 24.5. The van der Waals surface area contributed by atoms with Crippen LogP contribution in [0, 0.1) is 5.92 Å². The highest BCUT2D eigenvalue weighted by molar-refractivity contribution is 7.73. The molecule has 0 amide bonds. The predicted molar refractivity (Wildman–Crippen MR) is 138 cm³/mol. The van der Waals surface area contributed by atoms with Crippen molar-refractivity contribution in [2.24, 2.45) is 5.92 Å². The van der Waals surface area contributed by atoms with Crippen LogP contribution in [0.15, 0.2) is 33.9 Å². The van der Waals surface area contributed by atoms with E-state index in [-0.39, 0.29) is 29.1 Å². The molecule has 3 atom stereocenters. The van der Waals surface area contributed by atoms with E-state index < -0.39 is 30.7 Å². The van der Waals surface area contributed by atoms with Crippen LogP contribution in [-0.2, 0) is 23.6 Å². The number of allylic oxidation sites excluding steroid dienone is 2. The fraction of sp³-hybridized carbons (Fsp3) is 0.556. The van der Waals surface area contributed by atoms with Crippen molar-refractivity contribution in [1.82, 2.24) is 0 Å². The zero-order valence-electron chi connectivity index (χ0n) is 21.6. The maximum atomic E-state index is 15.3. The minimum atomic E-state index is -3.27. The van der Waals surface area contributed by atoms with Gasteiger partial charge in [0.05, 0.1) is 31.0 Å². The number of fused-ring (bicyclic) bond motifs is 1.